The van der Waals surface area contributed by atoms with Crippen LogP contribution in [0.5, 0.6) is 5.75 Å². The molecule has 106 valence electrons. The predicted molar refractivity (Wildman–Crippen MR) is 60.5 cm³/mol. The van der Waals surface area contributed by atoms with Crippen molar-refractivity contribution in [3.8, 4) is 5.75 Å². The Morgan fingerprint density at radius 1 is 1.32 bits per heavy atom. The molecule has 19 heavy (non-hydrogen) atoms. The zero-order chi connectivity index (χ0) is 14.5. The molecule has 0 atom stereocenters. The summed E-state index contributed by atoms with van der Waals surface area (Å²) in [6, 6.07) is 3.55. The van der Waals surface area contributed by atoms with E-state index < -0.39 is 17.7 Å². The zero-order valence-corrected chi connectivity index (χ0v) is 10.2. The summed E-state index contributed by atoms with van der Waals surface area (Å²) in [5, 5.41) is 10.6. The lowest BCUT2D eigenvalue weighted by Crippen LogP contribution is -2.19. The van der Waals surface area contributed by atoms with Crippen molar-refractivity contribution < 1.29 is 27.6 Å². The molecule has 0 radical (unpaired) electrons. The Kier molecular flexibility index (Phi) is 5.37. The number of ether oxygens (including phenoxy) is 2. The molecule has 1 aromatic rings. The fraction of sp³-hybridized carbons (Fsp3) is 0.400. The van der Waals surface area contributed by atoms with Crippen LogP contribution >= 0.6 is 11.6 Å². The molecular formula is C10H9ClF3NO4. The topological polar surface area (TPSA) is 61.6 Å². The van der Waals surface area contributed by atoms with Crippen molar-refractivity contribution in [3.63, 3.8) is 0 Å². The van der Waals surface area contributed by atoms with Crippen molar-refractivity contribution >= 4 is 17.3 Å². The third-order valence-corrected chi connectivity index (χ3v) is 2.19. The number of nitrogens with zero attached hydrogens (tertiary/aromatic N) is 1. The molecule has 0 aliphatic rings. The Bertz CT molecular complexity index is 453. The molecule has 1 aromatic carbocycles. The van der Waals surface area contributed by atoms with E-state index in [9.17, 15) is 23.3 Å². The minimum absolute atomic E-state index is 0.0199. The molecule has 0 aliphatic heterocycles. The van der Waals surface area contributed by atoms with E-state index >= 15 is 0 Å². The maximum atomic E-state index is 11.7. The minimum atomic E-state index is -4.40. The largest absolute Gasteiger partial charge is 0.489 e. The number of benzene rings is 1. The summed E-state index contributed by atoms with van der Waals surface area (Å²) in [6.07, 6.45) is -4.40. The summed E-state index contributed by atoms with van der Waals surface area (Å²) in [6.45, 7) is -1.88. The van der Waals surface area contributed by atoms with Crippen molar-refractivity contribution in [2.24, 2.45) is 0 Å². The van der Waals surface area contributed by atoms with Crippen molar-refractivity contribution in [1.29, 1.82) is 0 Å². The van der Waals surface area contributed by atoms with Crippen LogP contribution in [0.4, 0.5) is 18.9 Å². The Hall–Kier alpha value is -1.54. The first-order valence-electron chi connectivity index (χ1n) is 5.01. The van der Waals surface area contributed by atoms with E-state index in [1.165, 1.54) is 12.1 Å². The number of rotatable bonds is 6. The van der Waals surface area contributed by atoms with Gasteiger partial charge in [0, 0.05) is 6.07 Å². The van der Waals surface area contributed by atoms with E-state index in [4.69, 9.17) is 16.3 Å². The number of hydrogen-bond acceptors (Lipinski definition) is 4. The zero-order valence-electron chi connectivity index (χ0n) is 9.45. The van der Waals surface area contributed by atoms with E-state index in [0.717, 1.165) is 6.07 Å². The van der Waals surface area contributed by atoms with Gasteiger partial charge >= 0.3 is 6.18 Å². The van der Waals surface area contributed by atoms with Gasteiger partial charge in [0.25, 0.3) is 5.69 Å². The van der Waals surface area contributed by atoms with Gasteiger partial charge in [0.2, 0.25) is 0 Å². The van der Waals surface area contributed by atoms with Gasteiger partial charge < -0.3 is 9.47 Å². The Morgan fingerprint density at radius 2 is 2.00 bits per heavy atom. The Balaban J connectivity index is 2.45. The standard InChI is InChI=1S/C10H9ClF3NO4/c11-8-2-1-7(15(16)17)5-9(8)19-4-3-18-6-10(12,13)14/h1-2,5H,3-4,6H2. The number of nitro benzene ring substituents is 1. The minimum Gasteiger partial charge on any atom is -0.489 e. The van der Waals surface area contributed by atoms with Crippen LogP contribution in [0.1, 0.15) is 0 Å². The van der Waals surface area contributed by atoms with E-state index in [1.807, 2.05) is 0 Å². The summed E-state index contributed by atoms with van der Waals surface area (Å²) in [7, 11) is 0. The maximum Gasteiger partial charge on any atom is 0.411 e. The second-order valence-electron chi connectivity index (χ2n) is 3.39. The van der Waals surface area contributed by atoms with Gasteiger partial charge in [-0.05, 0) is 6.07 Å². The molecule has 0 aliphatic carbocycles. The predicted octanol–water partition coefficient (Wildman–Crippen LogP) is 3.21. The number of nitro groups is 1. The lowest BCUT2D eigenvalue weighted by Gasteiger charge is -2.09. The molecule has 9 heteroatoms. The quantitative estimate of drug-likeness (QED) is 0.460. The first-order valence-corrected chi connectivity index (χ1v) is 5.38. The van der Waals surface area contributed by atoms with Crippen molar-refractivity contribution in [2.75, 3.05) is 19.8 Å². The molecule has 0 fully saturated rings. The lowest BCUT2D eigenvalue weighted by atomic mass is 10.3. The van der Waals surface area contributed by atoms with Crippen LogP contribution < -0.4 is 4.74 Å². The number of alkyl halides is 3. The Labute approximate surface area is 111 Å². The van der Waals surface area contributed by atoms with Crippen LogP contribution in [0, 0.1) is 10.1 Å². The van der Waals surface area contributed by atoms with Gasteiger partial charge in [0.1, 0.15) is 19.0 Å². The summed E-state index contributed by atoms with van der Waals surface area (Å²) in [4.78, 5) is 9.87. The van der Waals surface area contributed by atoms with E-state index in [0.29, 0.717) is 0 Å². The lowest BCUT2D eigenvalue weighted by molar-refractivity contribution is -0.384. The first-order chi connectivity index (χ1) is 8.79. The number of halogens is 4. The molecule has 0 spiro atoms. The summed E-state index contributed by atoms with van der Waals surface area (Å²) >= 11 is 5.72. The van der Waals surface area contributed by atoms with Crippen LogP contribution in [0.15, 0.2) is 18.2 Å². The highest BCUT2D eigenvalue weighted by molar-refractivity contribution is 6.32. The third kappa shape index (κ3) is 5.75. The molecule has 0 saturated heterocycles. The van der Waals surface area contributed by atoms with Crippen LogP contribution in [0.25, 0.3) is 0 Å². The first kappa shape index (κ1) is 15.5. The monoisotopic (exact) mass is 299 g/mol. The average Bonchev–Trinajstić information content (AvgIpc) is 2.29. The van der Waals surface area contributed by atoms with Crippen molar-refractivity contribution in [2.45, 2.75) is 6.18 Å². The SMILES string of the molecule is O=[N+]([O-])c1ccc(Cl)c(OCCOCC(F)(F)F)c1. The van der Waals surface area contributed by atoms with E-state index in [1.54, 1.807) is 0 Å². The molecule has 5 nitrogen and oxygen atoms in total. The van der Waals surface area contributed by atoms with E-state index in [2.05, 4.69) is 4.74 Å². The van der Waals surface area contributed by atoms with Gasteiger partial charge in [-0.15, -0.1) is 0 Å². The molecule has 0 saturated carbocycles. The highest BCUT2D eigenvalue weighted by Crippen LogP contribution is 2.28. The van der Waals surface area contributed by atoms with Gasteiger partial charge in [-0.2, -0.15) is 13.2 Å². The fourth-order valence-corrected chi connectivity index (χ4v) is 1.29. The molecule has 0 aromatic heterocycles. The van der Waals surface area contributed by atoms with Crippen molar-refractivity contribution in [1.82, 2.24) is 0 Å². The highest BCUT2D eigenvalue weighted by Gasteiger charge is 2.27. The smallest absolute Gasteiger partial charge is 0.411 e. The fourth-order valence-electron chi connectivity index (χ4n) is 1.11. The van der Waals surface area contributed by atoms with Gasteiger partial charge in [0.15, 0.2) is 0 Å². The molecule has 0 heterocycles. The summed E-state index contributed by atoms with van der Waals surface area (Å²) < 4.78 is 44.6. The van der Waals surface area contributed by atoms with Crippen LogP contribution in [-0.2, 0) is 4.74 Å². The summed E-state index contributed by atoms with van der Waals surface area (Å²) in [5.74, 6) is 0.0199. The van der Waals surface area contributed by atoms with E-state index in [-0.39, 0.29) is 29.7 Å². The van der Waals surface area contributed by atoms with Crippen LogP contribution in [-0.4, -0.2) is 30.9 Å². The molecule has 0 bridgehead atoms. The average molecular weight is 300 g/mol. The normalized spacial score (nSPS) is 11.4. The van der Waals surface area contributed by atoms with Gasteiger partial charge in [0.05, 0.1) is 22.6 Å². The number of hydrogen-bond donors (Lipinski definition) is 0. The van der Waals surface area contributed by atoms with Gasteiger partial charge in [-0.25, -0.2) is 0 Å². The van der Waals surface area contributed by atoms with Gasteiger partial charge in [-0.3, -0.25) is 10.1 Å². The molecular weight excluding hydrogens is 291 g/mol. The second-order valence-corrected chi connectivity index (χ2v) is 3.80. The third-order valence-electron chi connectivity index (χ3n) is 1.88. The molecule has 0 unspecified atom stereocenters. The molecule has 0 amide bonds. The highest BCUT2D eigenvalue weighted by atomic mass is 35.5. The van der Waals surface area contributed by atoms with Crippen LogP contribution in [0.2, 0.25) is 5.02 Å². The Morgan fingerprint density at radius 3 is 2.58 bits per heavy atom. The second kappa shape index (κ2) is 6.58. The molecule has 0 N–H and O–H groups in total. The van der Waals surface area contributed by atoms with Crippen LogP contribution in [0.3, 0.4) is 0 Å². The molecule has 1 rings (SSSR count). The number of non-ortho nitro benzene ring substituents is 1. The summed E-state index contributed by atoms with van der Waals surface area (Å²) in [5.41, 5.74) is -0.226. The van der Waals surface area contributed by atoms with Gasteiger partial charge in [-0.1, -0.05) is 11.6 Å². The van der Waals surface area contributed by atoms with Crippen molar-refractivity contribution in [3.05, 3.63) is 33.3 Å². The maximum absolute atomic E-state index is 11.7.